The van der Waals surface area contributed by atoms with Gasteiger partial charge in [-0.15, -0.1) is 0 Å². The lowest BCUT2D eigenvalue weighted by Gasteiger charge is -2.41. The number of piperidine rings is 1. The Hall–Kier alpha value is -3.08. The lowest BCUT2D eigenvalue weighted by Crippen LogP contribution is -2.53. The molecule has 1 fully saturated rings. The molecule has 238 valence electrons. The number of rotatable bonds is 10. The number of sulfonamides is 1. The van der Waals surface area contributed by atoms with Gasteiger partial charge in [0.1, 0.15) is 0 Å². The Labute approximate surface area is 279 Å². The Morgan fingerprint density at radius 1 is 0.956 bits per heavy atom. The van der Waals surface area contributed by atoms with Crippen molar-refractivity contribution in [3.8, 4) is 0 Å². The Morgan fingerprint density at radius 3 is 2.20 bits per heavy atom. The van der Waals surface area contributed by atoms with Crippen LogP contribution in [0.15, 0.2) is 78.9 Å². The fraction of sp³-hybridized carbons (Fsp3) is 0.333. The predicted molar refractivity (Wildman–Crippen MR) is 181 cm³/mol. The number of carbonyl (C=O) groups is 2. The summed E-state index contributed by atoms with van der Waals surface area (Å²) in [6.07, 6.45) is 4.86. The van der Waals surface area contributed by atoms with Crippen molar-refractivity contribution in [2.24, 2.45) is 11.7 Å². The molecule has 12 heteroatoms. The number of amides is 2. The van der Waals surface area contributed by atoms with Crippen LogP contribution in [0.25, 0.3) is 5.70 Å². The maximum absolute atomic E-state index is 14.4. The number of nitrogens with one attached hydrogen (secondary N) is 1. The number of hydrogen-bond donors (Lipinski definition) is 2. The third-order valence-corrected chi connectivity index (χ3v) is 10.2. The van der Waals surface area contributed by atoms with Gasteiger partial charge in [-0.2, -0.15) is 0 Å². The third kappa shape index (κ3) is 7.34. The number of likely N-dealkylation sites (tertiary alicyclic amines) is 1. The van der Waals surface area contributed by atoms with Crippen molar-refractivity contribution in [3.63, 3.8) is 0 Å². The fourth-order valence-corrected chi connectivity index (χ4v) is 7.56. The van der Waals surface area contributed by atoms with Gasteiger partial charge in [-0.1, -0.05) is 65.1 Å². The van der Waals surface area contributed by atoms with Crippen molar-refractivity contribution in [2.75, 3.05) is 30.8 Å². The number of benzene rings is 3. The van der Waals surface area contributed by atoms with Crippen LogP contribution in [0.4, 0.5) is 5.69 Å². The number of halogens is 3. The monoisotopic (exact) mass is 688 g/mol. The van der Waals surface area contributed by atoms with Crippen LogP contribution < -0.4 is 15.4 Å². The highest BCUT2D eigenvalue weighted by atomic mass is 35.5. The highest BCUT2D eigenvalue weighted by Gasteiger charge is 2.46. The predicted octanol–water partition coefficient (Wildman–Crippen LogP) is 5.87. The molecule has 3 aromatic carbocycles. The van der Waals surface area contributed by atoms with Crippen LogP contribution in [0.5, 0.6) is 0 Å². The smallest absolute Gasteiger partial charge is 0.231 e. The van der Waals surface area contributed by atoms with Gasteiger partial charge in [-0.25, -0.2) is 13.1 Å². The second kappa shape index (κ2) is 13.7. The lowest BCUT2D eigenvalue weighted by molar-refractivity contribution is -0.138. The van der Waals surface area contributed by atoms with Gasteiger partial charge in [-0.3, -0.25) is 9.59 Å². The first kappa shape index (κ1) is 33.3. The number of primary amides is 1. The quantitative estimate of drug-likeness (QED) is 0.259. The summed E-state index contributed by atoms with van der Waals surface area (Å²) in [5, 5.41) is 1.49. The largest absolute Gasteiger partial charge is 0.369 e. The van der Waals surface area contributed by atoms with Crippen molar-refractivity contribution in [2.45, 2.75) is 37.1 Å². The molecule has 2 unspecified atom stereocenters. The molecule has 0 saturated carbocycles. The van der Waals surface area contributed by atoms with E-state index in [1.165, 1.54) is 0 Å². The van der Waals surface area contributed by atoms with Gasteiger partial charge in [0.05, 0.1) is 22.6 Å². The molecule has 2 aliphatic rings. The molecule has 0 radical (unpaired) electrons. The van der Waals surface area contributed by atoms with Crippen LogP contribution in [-0.2, 0) is 25.0 Å². The molecular formula is C33H35Cl3N4O4S. The first-order valence-corrected chi connectivity index (χ1v) is 17.7. The van der Waals surface area contributed by atoms with Gasteiger partial charge in [0.2, 0.25) is 21.8 Å². The van der Waals surface area contributed by atoms with Crippen molar-refractivity contribution in [1.29, 1.82) is 0 Å². The maximum atomic E-state index is 14.4. The van der Waals surface area contributed by atoms with E-state index < -0.39 is 27.3 Å². The minimum atomic E-state index is -3.38. The van der Waals surface area contributed by atoms with E-state index in [1.54, 1.807) is 29.2 Å². The molecule has 2 aliphatic heterocycles. The Balaban J connectivity index is 1.50. The van der Waals surface area contributed by atoms with Crippen molar-refractivity contribution < 1.29 is 18.0 Å². The van der Waals surface area contributed by atoms with Crippen molar-refractivity contribution in [3.05, 3.63) is 105 Å². The van der Waals surface area contributed by atoms with Crippen LogP contribution in [0.2, 0.25) is 15.1 Å². The highest BCUT2D eigenvalue weighted by Crippen LogP contribution is 2.44. The maximum Gasteiger partial charge on any atom is 0.231 e. The molecule has 2 amide bonds. The third-order valence-electron chi connectivity index (χ3n) is 8.71. The minimum Gasteiger partial charge on any atom is -0.369 e. The molecule has 0 aromatic heterocycles. The van der Waals surface area contributed by atoms with Gasteiger partial charge in [0.15, 0.2) is 0 Å². The van der Waals surface area contributed by atoms with Gasteiger partial charge in [0, 0.05) is 52.7 Å². The summed E-state index contributed by atoms with van der Waals surface area (Å²) in [4.78, 5) is 31.1. The van der Waals surface area contributed by atoms with Crippen LogP contribution >= 0.6 is 34.8 Å². The standard InChI is InChI=1S/C33H35Cl3N4O4S/c1-45(43,44)38-17-5-8-29-27(31(41)39-18-15-33(16-19-39,32(37)42)22-6-3-2-4-7-22)21-30(26-14-11-24(35)20-28(26)36)40(29)25-12-9-23(34)10-13-25/h2-4,6-7,9-14,20-21,27,29,38H,5,8,15-19H2,1H3,(H2,37,42). The number of carbonyl (C=O) groups excluding carboxylic acids is 2. The summed E-state index contributed by atoms with van der Waals surface area (Å²) in [6.45, 7) is 0.951. The molecule has 0 aliphatic carbocycles. The second-order valence-electron chi connectivity index (χ2n) is 11.6. The van der Waals surface area contributed by atoms with Gasteiger partial charge >= 0.3 is 0 Å². The van der Waals surface area contributed by atoms with E-state index in [2.05, 4.69) is 9.62 Å². The van der Waals surface area contributed by atoms with Gasteiger partial charge < -0.3 is 15.5 Å². The van der Waals surface area contributed by atoms with Crippen LogP contribution in [-0.4, -0.2) is 57.1 Å². The second-order valence-corrected chi connectivity index (χ2v) is 14.7. The minimum absolute atomic E-state index is 0.0822. The molecule has 2 atom stereocenters. The average molecular weight is 690 g/mol. The number of hydrogen-bond acceptors (Lipinski definition) is 5. The SMILES string of the molecule is CS(=O)(=O)NCCCC1C(C(=O)N2CCC(C(N)=O)(c3ccccc3)CC2)C=C(c2ccc(Cl)cc2Cl)N1c1ccc(Cl)cc1. The summed E-state index contributed by atoms with van der Waals surface area (Å²) in [5.74, 6) is -1.06. The molecule has 8 nitrogen and oxygen atoms in total. The van der Waals surface area contributed by atoms with E-state index in [4.69, 9.17) is 40.5 Å². The van der Waals surface area contributed by atoms with Gasteiger partial charge in [-0.05, 0) is 79.8 Å². The topological polar surface area (TPSA) is 113 Å². The number of nitrogens with zero attached hydrogens (tertiary/aromatic N) is 2. The Morgan fingerprint density at radius 2 is 1.60 bits per heavy atom. The summed E-state index contributed by atoms with van der Waals surface area (Å²) in [5.41, 5.74) is 8.23. The van der Waals surface area contributed by atoms with E-state index in [0.29, 0.717) is 59.4 Å². The highest BCUT2D eigenvalue weighted by molar-refractivity contribution is 7.88. The van der Waals surface area contributed by atoms with Crippen molar-refractivity contribution >= 4 is 68.0 Å². The molecule has 0 bridgehead atoms. The Kier molecular flexibility index (Phi) is 10.2. The summed E-state index contributed by atoms with van der Waals surface area (Å²) in [6, 6.07) is 21.7. The zero-order chi connectivity index (χ0) is 32.4. The van der Waals surface area contributed by atoms with E-state index in [1.807, 2.05) is 54.6 Å². The molecule has 2 heterocycles. The van der Waals surface area contributed by atoms with E-state index in [-0.39, 0.29) is 18.5 Å². The normalized spacial score (nSPS) is 19.8. The van der Waals surface area contributed by atoms with Crippen LogP contribution in [0, 0.1) is 5.92 Å². The first-order valence-electron chi connectivity index (χ1n) is 14.7. The fourth-order valence-electron chi connectivity index (χ4n) is 6.42. The summed E-state index contributed by atoms with van der Waals surface area (Å²) < 4.78 is 26.1. The van der Waals surface area contributed by atoms with E-state index >= 15 is 0 Å². The van der Waals surface area contributed by atoms with Crippen LogP contribution in [0.3, 0.4) is 0 Å². The average Bonchev–Trinajstić information content (AvgIpc) is 3.38. The van der Waals surface area contributed by atoms with Crippen molar-refractivity contribution in [1.82, 2.24) is 9.62 Å². The molecule has 5 rings (SSSR count). The molecule has 3 N–H and O–H groups in total. The number of anilines is 1. The summed E-state index contributed by atoms with van der Waals surface area (Å²) in [7, 11) is -3.38. The molecular weight excluding hydrogens is 655 g/mol. The molecule has 0 spiro atoms. The zero-order valence-electron chi connectivity index (χ0n) is 24.8. The zero-order valence-corrected chi connectivity index (χ0v) is 27.8. The molecule has 1 saturated heterocycles. The van der Waals surface area contributed by atoms with E-state index in [0.717, 1.165) is 23.2 Å². The molecule has 3 aromatic rings. The number of nitrogens with two attached hydrogens (primary N) is 1. The summed E-state index contributed by atoms with van der Waals surface area (Å²) >= 11 is 19.2. The van der Waals surface area contributed by atoms with Gasteiger partial charge in [0.25, 0.3) is 0 Å². The first-order chi connectivity index (χ1) is 21.4. The van der Waals surface area contributed by atoms with E-state index in [9.17, 15) is 18.0 Å². The lowest BCUT2D eigenvalue weighted by atomic mass is 9.72. The Bertz CT molecular complexity index is 1690. The van der Waals surface area contributed by atoms with Crippen LogP contribution in [0.1, 0.15) is 36.8 Å². The molecule has 45 heavy (non-hydrogen) atoms.